The maximum absolute atomic E-state index is 12.4. The quantitative estimate of drug-likeness (QED) is 0.210. The number of benzene rings is 3. The third-order valence-corrected chi connectivity index (χ3v) is 5.84. The highest BCUT2D eigenvalue weighted by Crippen LogP contribution is 2.36. The lowest BCUT2D eigenvalue weighted by molar-refractivity contribution is -0.131. The molecule has 0 aliphatic rings. The molecular formula is C27H25BrN4O5. The molecule has 9 nitrogen and oxygen atoms in total. The van der Waals surface area contributed by atoms with Gasteiger partial charge in [-0.1, -0.05) is 12.1 Å². The highest BCUT2D eigenvalue weighted by atomic mass is 79.9. The van der Waals surface area contributed by atoms with Crippen LogP contribution in [0.4, 0.5) is 5.69 Å². The van der Waals surface area contributed by atoms with Crippen LogP contribution >= 0.6 is 15.9 Å². The van der Waals surface area contributed by atoms with Crippen LogP contribution in [0.25, 0.3) is 0 Å². The molecule has 0 saturated heterocycles. The number of hydrazone groups is 1. The lowest BCUT2D eigenvalue weighted by atomic mass is 10.1. The smallest absolute Gasteiger partial charge is 0.252 e. The first-order valence-electron chi connectivity index (χ1n) is 11.1. The number of halogens is 1. The van der Waals surface area contributed by atoms with Crippen LogP contribution in [0.3, 0.4) is 0 Å². The number of methoxy groups -OCH3 is 2. The number of anilines is 1. The van der Waals surface area contributed by atoms with Crippen molar-refractivity contribution in [2.75, 3.05) is 19.5 Å². The first-order valence-corrected chi connectivity index (χ1v) is 11.9. The number of carbonyl (C=O) groups excluding carboxylic acids is 2. The van der Waals surface area contributed by atoms with Gasteiger partial charge in [0.05, 0.1) is 36.5 Å². The largest absolute Gasteiger partial charge is 0.497 e. The first kappa shape index (κ1) is 27.2. The van der Waals surface area contributed by atoms with Gasteiger partial charge in [0.25, 0.3) is 5.91 Å². The number of carbonyl (C=O) groups is 2. The predicted molar refractivity (Wildman–Crippen MR) is 143 cm³/mol. The number of ether oxygens (including phenoxy) is 3. The highest BCUT2D eigenvalue weighted by molar-refractivity contribution is 9.10. The molecule has 3 aromatic carbocycles. The summed E-state index contributed by atoms with van der Waals surface area (Å²) in [7, 11) is 3.07. The van der Waals surface area contributed by atoms with E-state index in [0.29, 0.717) is 38.5 Å². The Morgan fingerprint density at radius 1 is 1.05 bits per heavy atom. The van der Waals surface area contributed by atoms with Crippen molar-refractivity contribution in [2.45, 2.75) is 13.5 Å². The summed E-state index contributed by atoms with van der Waals surface area (Å²) in [4.78, 5) is 24.8. The van der Waals surface area contributed by atoms with Crippen LogP contribution in [0, 0.1) is 17.2 Å². The zero-order valence-corrected chi connectivity index (χ0v) is 22.0. The van der Waals surface area contributed by atoms with Crippen LogP contribution < -0.4 is 25.0 Å². The van der Waals surface area contributed by atoms with E-state index < -0.39 is 17.7 Å². The van der Waals surface area contributed by atoms with Gasteiger partial charge in [-0.25, -0.2) is 5.43 Å². The summed E-state index contributed by atoms with van der Waals surface area (Å²) < 4.78 is 17.1. The molecule has 10 heteroatoms. The maximum Gasteiger partial charge on any atom is 0.252 e. The Labute approximate surface area is 223 Å². The van der Waals surface area contributed by atoms with Gasteiger partial charge in [0.2, 0.25) is 5.91 Å². The summed E-state index contributed by atoms with van der Waals surface area (Å²) in [5.41, 5.74) is 5.03. The molecule has 2 N–H and O–H groups in total. The van der Waals surface area contributed by atoms with E-state index >= 15 is 0 Å². The Kier molecular flexibility index (Phi) is 9.63. The zero-order valence-electron chi connectivity index (χ0n) is 20.4. The predicted octanol–water partition coefficient (Wildman–Crippen LogP) is 4.64. The molecule has 190 valence electrons. The molecule has 0 bridgehead atoms. The van der Waals surface area contributed by atoms with Crippen LogP contribution in [0.15, 0.2) is 70.2 Å². The zero-order chi connectivity index (χ0) is 26.8. The summed E-state index contributed by atoms with van der Waals surface area (Å²) in [5.74, 6) is -0.382. The number of amides is 2. The number of nitriles is 1. The molecule has 37 heavy (non-hydrogen) atoms. The minimum absolute atomic E-state index is 0.278. The summed E-state index contributed by atoms with van der Waals surface area (Å²) in [6.45, 7) is 1.77. The number of rotatable bonds is 10. The molecule has 2 amide bonds. The lowest BCUT2D eigenvalue weighted by Gasteiger charge is -2.14. The van der Waals surface area contributed by atoms with Crippen molar-refractivity contribution in [3.05, 3.63) is 81.8 Å². The van der Waals surface area contributed by atoms with Crippen molar-refractivity contribution >= 4 is 39.6 Å². The molecule has 3 aromatic rings. The van der Waals surface area contributed by atoms with Gasteiger partial charge in [-0.2, -0.15) is 10.4 Å². The minimum atomic E-state index is -0.974. The van der Waals surface area contributed by atoms with Crippen LogP contribution in [-0.4, -0.2) is 32.2 Å². The molecule has 0 fully saturated rings. The van der Waals surface area contributed by atoms with E-state index in [4.69, 9.17) is 19.5 Å². The topological polar surface area (TPSA) is 122 Å². The lowest BCUT2D eigenvalue weighted by Crippen LogP contribution is -2.34. The van der Waals surface area contributed by atoms with E-state index in [2.05, 4.69) is 37.8 Å². The summed E-state index contributed by atoms with van der Waals surface area (Å²) >= 11 is 3.48. The fraction of sp³-hybridized carbons (Fsp3) is 0.185. The Morgan fingerprint density at radius 2 is 1.76 bits per heavy atom. The molecule has 1 atom stereocenters. The fourth-order valence-electron chi connectivity index (χ4n) is 3.10. The summed E-state index contributed by atoms with van der Waals surface area (Å²) in [6.07, 6.45) is 1.43. The van der Waals surface area contributed by atoms with Gasteiger partial charge >= 0.3 is 0 Å². The monoisotopic (exact) mass is 564 g/mol. The molecule has 3 rings (SSSR count). The van der Waals surface area contributed by atoms with Crippen LogP contribution in [-0.2, 0) is 16.2 Å². The summed E-state index contributed by atoms with van der Waals surface area (Å²) in [5, 5.41) is 15.6. The normalized spacial score (nSPS) is 11.3. The SMILES string of the molecule is COc1ccc(NC(=O)C(C)C(=O)NN=Cc2cc(Br)c(OCc3ccc(C#N)cc3)c(OC)c2)cc1. The van der Waals surface area contributed by atoms with Gasteiger partial charge in [-0.15, -0.1) is 0 Å². The first-order chi connectivity index (χ1) is 17.8. The maximum atomic E-state index is 12.4. The average Bonchev–Trinajstić information content (AvgIpc) is 2.92. The number of hydrogen-bond donors (Lipinski definition) is 2. The van der Waals surface area contributed by atoms with Crippen molar-refractivity contribution < 1.29 is 23.8 Å². The van der Waals surface area contributed by atoms with Gasteiger partial charge in [-0.3, -0.25) is 9.59 Å². The fourth-order valence-corrected chi connectivity index (χ4v) is 3.67. The molecule has 0 radical (unpaired) electrons. The highest BCUT2D eigenvalue weighted by Gasteiger charge is 2.21. The second-order valence-corrected chi connectivity index (χ2v) is 8.66. The van der Waals surface area contributed by atoms with E-state index in [-0.39, 0.29) is 6.61 Å². The Hall–Kier alpha value is -4.36. The van der Waals surface area contributed by atoms with Gasteiger partial charge < -0.3 is 19.5 Å². The van der Waals surface area contributed by atoms with E-state index in [9.17, 15) is 9.59 Å². The third-order valence-electron chi connectivity index (χ3n) is 5.25. The number of hydrogen-bond acceptors (Lipinski definition) is 7. The van der Waals surface area contributed by atoms with Gasteiger partial charge in [-0.05, 0) is 82.5 Å². The van der Waals surface area contributed by atoms with E-state index in [1.807, 2.05) is 12.1 Å². The van der Waals surface area contributed by atoms with Gasteiger partial charge in [0, 0.05) is 5.69 Å². The van der Waals surface area contributed by atoms with Crippen molar-refractivity contribution in [2.24, 2.45) is 11.0 Å². The minimum Gasteiger partial charge on any atom is -0.497 e. The molecule has 0 aromatic heterocycles. The van der Waals surface area contributed by atoms with Crippen LogP contribution in [0.1, 0.15) is 23.6 Å². The summed E-state index contributed by atoms with van der Waals surface area (Å²) in [6, 6.07) is 19.4. The molecule has 0 aliphatic carbocycles. The second kappa shape index (κ2) is 13.1. The molecule has 0 saturated carbocycles. The molecule has 0 aliphatic heterocycles. The van der Waals surface area contributed by atoms with Crippen LogP contribution in [0.5, 0.6) is 17.2 Å². The Bertz CT molecular complexity index is 1320. The number of nitrogens with zero attached hydrogens (tertiary/aromatic N) is 2. The van der Waals surface area contributed by atoms with Crippen molar-refractivity contribution in [1.29, 1.82) is 5.26 Å². The molecular weight excluding hydrogens is 540 g/mol. The van der Waals surface area contributed by atoms with Crippen molar-refractivity contribution in [1.82, 2.24) is 5.43 Å². The van der Waals surface area contributed by atoms with E-state index in [1.165, 1.54) is 20.2 Å². The van der Waals surface area contributed by atoms with E-state index in [1.54, 1.807) is 55.6 Å². The van der Waals surface area contributed by atoms with Crippen LogP contribution in [0.2, 0.25) is 0 Å². The Balaban J connectivity index is 1.59. The van der Waals surface area contributed by atoms with Crippen molar-refractivity contribution in [3.8, 4) is 23.3 Å². The second-order valence-electron chi connectivity index (χ2n) is 7.81. The standard InChI is InChI=1S/C27H25BrN4O5/c1-17(26(33)31-21-8-10-22(35-2)11-9-21)27(34)32-30-15-20-12-23(28)25(24(13-20)36-3)37-16-19-6-4-18(14-29)5-7-19/h4-13,15,17H,16H2,1-3H3,(H,31,33)(H,32,34). The van der Waals surface area contributed by atoms with Crippen molar-refractivity contribution in [3.63, 3.8) is 0 Å². The molecule has 1 unspecified atom stereocenters. The molecule has 0 spiro atoms. The van der Waals surface area contributed by atoms with Gasteiger partial charge in [0.1, 0.15) is 18.3 Å². The van der Waals surface area contributed by atoms with E-state index in [0.717, 1.165) is 5.56 Å². The van der Waals surface area contributed by atoms with Gasteiger partial charge in [0.15, 0.2) is 11.5 Å². The molecule has 0 heterocycles. The number of nitrogens with one attached hydrogen (secondary N) is 2. The average molecular weight is 565 g/mol. The third kappa shape index (κ3) is 7.56. The Morgan fingerprint density at radius 3 is 2.38 bits per heavy atom.